The van der Waals surface area contributed by atoms with Gasteiger partial charge in [0.1, 0.15) is 0 Å². The molecule has 0 saturated heterocycles. The van der Waals surface area contributed by atoms with Crippen LogP contribution in [-0.2, 0) is 5.41 Å². The lowest BCUT2D eigenvalue weighted by Gasteiger charge is -2.44. The van der Waals surface area contributed by atoms with Crippen molar-refractivity contribution in [1.29, 1.82) is 0 Å². The van der Waals surface area contributed by atoms with Crippen molar-refractivity contribution in [2.24, 2.45) is 0 Å². The van der Waals surface area contributed by atoms with E-state index in [0.717, 1.165) is 17.1 Å². The summed E-state index contributed by atoms with van der Waals surface area (Å²) in [6.45, 7) is 13.5. The second-order valence-electron chi connectivity index (χ2n) is 15.7. The molecule has 2 heterocycles. The largest absolute Gasteiger partial charge is 0.311 e. The number of anilines is 9. The number of rotatable bonds is 5. The van der Waals surface area contributed by atoms with Crippen molar-refractivity contribution in [1.82, 2.24) is 0 Å². The summed E-state index contributed by atoms with van der Waals surface area (Å²) in [5, 5.41) is 0. The predicted molar refractivity (Wildman–Crippen MR) is 228 cm³/mol. The smallest absolute Gasteiger partial charge is 0.252 e. The molecule has 0 saturated carbocycles. The highest BCUT2D eigenvalue weighted by Gasteiger charge is 2.43. The van der Waals surface area contributed by atoms with Crippen LogP contribution in [0.1, 0.15) is 43.0 Å². The molecule has 2 aliphatic heterocycles. The van der Waals surface area contributed by atoms with E-state index in [0.29, 0.717) is 0 Å². The van der Waals surface area contributed by atoms with Gasteiger partial charge in [-0.05, 0) is 126 Å². The summed E-state index contributed by atoms with van der Waals surface area (Å²) in [6, 6.07) is 58.6. The van der Waals surface area contributed by atoms with E-state index in [1.807, 2.05) is 0 Å². The molecule has 0 N–H and O–H groups in total. The third kappa shape index (κ3) is 5.52. The van der Waals surface area contributed by atoms with Crippen LogP contribution in [0.3, 0.4) is 0 Å². The Morgan fingerprint density at radius 3 is 1.79 bits per heavy atom. The molecular formula is C49H44BN3. The van der Waals surface area contributed by atoms with Crippen molar-refractivity contribution in [2.45, 2.75) is 47.0 Å². The fourth-order valence-corrected chi connectivity index (χ4v) is 8.36. The third-order valence-electron chi connectivity index (χ3n) is 11.0. The second-order valence-corrected chi connectivity index (χ2v) is 15.7. The zero-order chi connectivity index (χ0) is 36.4. The first-order chi connectivity index (χ1) is 25.7. The molecule has 4 heteroatoms. The molecule has 0 amide bonds. The molecule has 7 aromatic carbocycles. The maximum atomic E-state index is 2.49. The van der Waals surface area contributed by atoms with Crippen LogP contribution in [0.5, 0.6) is 0 Å². The summed E-state index contributed by atoms with van der Waals surface area (Å²) < 4.78 is 0. The Labute approximate surface area is 314 Å². The number of hydrogen-bond acceptors (Lipinski definition) is 3. The fourth-order valence-electron chi connectivity index (χ4n) is 8.36. The number of hydrogen-bond donors (Lipinski definition) is 0. The monoisotopic (exact) mass is 685 g/mol. The van der Waals surface area contributed by atoms with Crippen LogP contribution in [-0.4, -0.2) is 6.71 Å². The summed E-state index contributed by atoms with van der Waals surface area (Å²) >= 11 is 0. The molecular weight excluding hydrogens is 641 g/mol. The van der Waals surface area contributed by atoms with E-state index in [1.54, 1.807) is 0 Å². The third-order valence-corrected chi connectivity index (χ3v) is 11.0. The van der Waals surface area contributed by atoms with Crippen molar-refractivity contribution in [3.63, 3.8) is 0 Å². The van der Waals surface area contributed by atoms with Gasteiger partial charge in [0.2, 0.25) is 0 Å². The zero-order valence-electron chi connectivity index (χ0n) is 31.4. The number of benzene rings is 7. The first-order valence-electron chi connectivity index (χ1n) is 18.7. The highest BCUT2D eigenvalue weighted by Crippen LogP contribution is 2.46. The van der Waals surface area contributed by atoms with E-state index in [2.05, 4.69) is 214 Å². The molecule has 0 aromatic heterocycles. The molecule has 3 nitrogen and oxygen atoms in total. The predicted octanol–water partition coefficient (Wildman–Crippen LogP) is 11.5. The Morgan fingerprint density at radius 1 is 0.472 bits per heavy atom. The van der Waals surface area contributed by atoms with Gasteiger partial charge in [0, 0.05) is 51.2 Å². The summed E-state index contributed by atoms with van der Waals surface area (Å²) in [6.07, 6.45) is 0. The maximum Gasteiger partial charge on any atom is 0.252 e. The molecule has 0 fully saturated rings. The Balaban J connectivity index is 1.30. The van der Waals surface area contributed by atoms with E-state index in [4.69, 9.17) is 0 Å². The molecule has 0 aliphatic carbocycles. The molecule has 0 spiro atoms. The van der Waals surface area contributed by atoms with Gasteiger partial charge < -0.3 is 14.7 Å². The average molecular weight is 686 g/mol. The van der Waals surface area contributed by atoms with Crippen LogP contribution in [0.2, 0.25) is 0 Å². The van der Waals surface area contributed by atoms with Gasteiger partial charge in [0.05, 0.1) is 0 Å². The van der Waals surface area contributed by atoms with Gasteiger partial charge in [-0.3, -0.25) is 0 Å². The lowest BCUT2D eigenvalue weighted by atomic mass is 9.33. The standard InChI is InChI=1S/C49H44BN3/c1-33-19-24-39(25-20-33)52-44-30-21-34(2)31-42(44)50-41-29-28-40(32-47(41)53(37-14-8-7-9-15-37)46-18-12-17-45(52)48(46)50)51(43-16-11-10-13-35(43)3)38-26-22-36(23-27-38)49(4,5)6/h7-32H,1-6H3. The van der Waals surface area contributed by atoms with E-state index in [9.17, 15) is 0 Å². The Kier molecular flexibility index (Phi) is 7.82. The van der Waals surface area contributed by atoms with Gasteiger partial charge >= 0.3 is 0 Å². The molecule has 258 valence electrons. The van der Waals surface area contributed by atoms with Gasteiger partial charge in [-0.2, -0.15) is 0 Å². The Bertz CT molecular complexity index is 2480. The number of para-hydroxylation sites is 2. The molecule has 9 rings (SSSR count). The zero-order valence-corrected chi connectivity index (χ0v) is 31.4. The normalized spacial score (nSPS) is 13.0. The van der Waals surface area contributed by atoms with Crippen molar-refractivity contribution in [2.75, 3.05) is 14.7 Å². The van der Waals surface area contributed by atoms with Crippen molar-refractivity contribution < 1.29 is 0 Å². The summed E-state index contributed by atoms with van der Waals surface area (Å²) in [4.78, 5) is 7.38. The Hall–Kier alpha value is -6.00. The fraction of sp³-hybridized carbons (Fsp3) is 0.143. The number of aryl methyl sites for hydroxylation is 3. The minimum absolute atomic E-state index is 0.0693. The lowest BCUT2D eigenvalue weighted by molar-refractivity contribution is 0.590. The van der Waals surface area contributed by atoms with Gasteiger partial charge in [0.25, 0.3) is 6.71 Å². The van der Waals surface area contributed by atoms with Crippen LogP contribution in [0.25, 0.3) is 0 Å². The maximum absolute atomic E-state index is 2.49. The highest BCUT2D eigenvalue weighted by molar-refractivity contribution is 7.00. The molecule has 0 unspecified atom stereocenters. The quantitative estimate of drug-likeness (QED) is 0.167. The number of fused-ring (bicyclic) bond motifs is 4. The van der Waals surface area contributed by atoms with Gasteiger partial charge in [-0.15, -0.1) is 0 Å². The van der Waals surface area contributed by atoms with E-state index in [1.165, 1.54) is 72.8 Å². The minimum Gasteiger partial charge on any atom is -0.311 e. The van der Waals surface area contributed by atoms with E-state index in [-0.39, 0.29) is 12.1 Å². The van der Waals surface area contributed by atoms with Crippen LogP contribution in [0, 0.1) is 20.8 Å². The van der Waals surface area contributed by atoms with Crippen LogP contribution >= 0.6 is 0 Å². The van der Waals surface area contributed by atoms with E-state index < -0.39 is 0 Å². The molecule has 0 bridgehead atoms. The van der Waals surface area contributed by atoms with Crippen molar-refractivity contribution in [3.05, 3.63) is 180 Å². The lowest BCUT2D eigenvalue weighted by Crippen LogP contribution is -2.61. The first-order valence-corrected chi connectivity index (χ1v) is 18.7. The number of nitrogens with zero attached hydrogens (tertiary/aromatic N) is 3. The van der Waals surface area contributed by atoms with Gasteiger partial charge in [-0.25, -0.2) is 0 Å². The average Bonchev–Trinajstić information content (AvgIpc) is 3.16. The van der Waals surface area contributed by atoms with E-state index >= 15 is 0 Å². The first kappa shape index (κ1) is 32.9. The van der Waals surface area contributed by atoms with Crippen LogP contribution < -0.4 is 31.1 Å². The van der Waals surface area contributed by atoms with Crippen molar-refractivity contribution in [3.8, 4) is 0 Å². The summed E-state index contributed by atoms with van der Waals surface area (Å²) in [5.41, 5.74) is 19.8. The SMILES string of the molecule is Cc1ccc(N2c3ccc(C)cc3B3c4ccc(N(c5ccc(C(C)(C)C)cc5)c5ccccc5C)cc4N(c4ccccc4)c4cccc2c43)cc1. The Morgan fingerprint density at radius 2 is 1.09 bits per heavy atom. The molecule has 53 heavy (non-hydrogen) atoms. The van der Waals surface area contributed by atoms with Crippen LogP contribution in [0.15, 0.2) is 158 Å². The van der Waals surface area contributed by atoms with Crippen LogP contribution in [0.4, 0.5) is 51.2 Å². The van der Waals surface area contributed by atoms with Gasteiger partial charge in [-0.1, -0.05) is 117 Å². The summed E-state index contributed by atoms with van der Waals surface area (Å²) in [7, 11) is 0. The molecule has 0 atom stereocenters. The minimum atomic E-state index is 0.0693. The molecule has 0 radical (unpaired) electrons. The summed E-state index contributed by atoms with van der Waals surface area (Å²) in [5.74, 6) is 0. The topological polar surface area (TPSA) is 9.72 Å². The molecule has 2 aliphatic rings. The molecule has 7 aromatic rings. The van der Waals surface area contributed by atoms with Gasteiger partial charge in [0.15, 0.2) is 0 Å². The van der Waals surface area contributed by atoms with Crippen molar-refractivity contribution >= 4 is 74.3 Å². The second kappa shape index (κ2) is 12.6. The highest BCUT2D eigenvalue weighted by atomic mass is 15.2.